The highest BCUT2D eigenvalue weighted by Crippen LogP contribution is 2.26. The van der Waals surface area contributed by atoms with Gasteiger partial charge in [0.2, 0.25) is 0 Å². The molecule has 0 saturated heterocycles. The Morgan fingerprint density at radius 2 is 1.55 bits per heavy atom. The monoisotopic (exact) mass is 493 g/mol. The number of hydrogen-bond donors (Lipinski definition) is 1. The summed E-state index contributed by atoms with van der Waals surface area (Å²) in [5.74, 6) is -0.0787. The van der Waals surface area contributed by atoms with Crippen LogP contribution in [0, 0.1) is 0 Å². The van der Waals surface area contributed by atoms with Gasteiger partial charge in [-0.3, -0.25) is 4.79 Å². The Bertz CT molecular complexity index is 1020. The van der Waals surface area contributed by atoms with E-state index >= 15 is 0 Å². The Kier molecular flexibility index (Phi) is 7.14. The molecule has 0 atom stereocenters. The lowest BCUT2D eigenvalue weighted by atomic mass is 10.2. The molecule has 0 unspecified atom stereocenters. The van der Waals surface area contributed by atoms with Crippen molar-refractivity contribution in [2.24, 2.45) is 0 Å². The van der Waals surface area contributed by atoms with Gasteiger partial charge in [0.25, 0.3) is 5.91 Å². The summed E-state index contributed by atoms with van der Waals surface area (Å²) in [5, 5.41) is 3.51. The number of rotatable bonds is 6. The van der Waals surface area contributed by atoms with E-state index in [1.54, 1.807) is 42.5 Å². The number of carbonyl (C=O) groups is 2. The summed E-state index contributed by atoms with van der Waals surface area (Å²) in [6, 6.07) is 18.0. The van der Waals surface area contributed by atoms with E-state index in [0.717, 1.165) is 4.47 Å². The Morgan fingerprint density at radius 1 is 0.897 bits per heavy atom. The molecule has 5 nitrogen and oxygen atoms in total. The van der Waals surface area contributed by atoms with Crippen molar-refractivity contribution in [1.82, 2.24) is 0 Å². The fourth-order valence-corrected chi connectivity index (χ4v) is 2.90. The highest BCUT2D eigenvalue weighted by molar-refractivity contribution is 9.10. The predicted molar refractivity (Wildman–Crippen MR) is 116 cm³/mol. The molecule has 8 heteroatoms. The first kappa shape index (κ1) is 21.2. The van der Waals surface area contributed by atoms with E-state index in [1.165, 1.54) is 24.3 Å². The largest absolute Gasteiger partial charge is 0.482 e. The fourth-order valence-electron chi connectivity index (χ4n) is 2.30. The molecule has 0 aliphatic rings. The zero-order chi connectivity index (χ0) is 20.8. The van der Waals surface area contributed by atoms with Gasteiger partial charge in [-0.1, -0.05) is 39.1 Å². The quantitative estimate of drug-likeness (QED) is 0.337. The number of halogens is 3. The zero-order valence-electron chi connectivity index (χ0n) is 14.8. The molecule has 0 bridgehead atoms. The summed E-state index contributed by atoms with van der Waals surface area (Å²) in [4.78, 5) is 24.3. The van der Waals surface area contributed by atoms with E-state index in [-0.39, 0.29) is 12.5 Å². The average molecular weight is 495 g/mol. The minimum Gasteiger partial charge on any atom is -0.482 e. The standard InChI is InChI=1S/C21H14BrCl2NO4/c22-14-3-8-16(9-4-14)28-12-20(26)29-17-6-1-13(2-7-17)21(27)25-19-11-15(23)5-10-18(19)24/h1-11H,12H2,(H,25,27). The van der Waals surface area contributed by atoms with Crippen molar-refractivity contribution in [2.45, 2.75) is 0 Å². The van der Waals surface area contributed by atoms with Gasteiger partial charge in [-0.05, 0) is 66.7 Å². The number of ether oxygens (including phenoxy) is 2. The van der Waals surface area contributed by atoms with Crippen molar-refractivity contribution in [2.75, 3.05) is 11.9 Å². The van der Waals surface area contributed by atoms with Crippen LogP contribution in [0.4, 0.5) is 5.69 Å². The molecule has 0 heterocycles. The molecule has 29 heavy (non-hydrogen) atoms. The molecule has 0 radical (unpaired) electrons. The molecule has 148 valence electrons. The molecule has 0 fully saturated rings. The minimum atomic E-state index is -0.559. The average Bonchev–Trinajstić information content (AvgIpc) is 2.71. The highest BCUT2D eigenvalue weighted by atomic mass is 79.9. The molecule has 1 amide bonds. The second kappa shape index (κ2) is 9.78. The van der Waals surface area contributed by atoms with Crippen LogP contribution in [-0.2, 0) is 4.79 Å². The first-order valence-electron chi connectivity index (χ1n) is 8.36. The summed E-state index contributed by atoms with van der Waals surface area (Å²) < 4.78 is 11.5. The van der Waals surface area contributed by atoms with Gasteiger partial charge in [0.05, 0.1) is 10.7 Å². The van der Waals surface area contributed by atoms with Crippen LogP contribution < -0.4 is 14.8 Å². The molecule has 3 aromatic carbocycles. The number of amides is 1. The maximum atomic E-state index is 12.4. The van der Waals surface area contributed by atoms with Gasteiger partial charge < -0.3 is 14.8 Å². The van der Waals surface area contributed by atoms with Crippen LogP contribution in [0.3, 0.4) is 0 Å². The van der Waals surface area contributed by atoms with E-state index < -0.39 is 5.97 Å². The highest BCUT2D eigenvalue weighted by Gasteiger charge is 2.11. The third kappa shape index (κ3) is 6.22. The number of carbonyl (C=O) groups excluding carboxylic acids is 2. The summed E-state index contributed by atoms with van der Waals surface area (Å²) in [6.45, 7) is -0.239. The van der Waals surface area contributed by atoms with Gasteiger partial charge in [0, 0.05) is 15.1 Å². The summed E-state index contributed by atoms with van der Waals surface area (Å²) in [6.07, 6.45) is 0. The number of anilines is 1. The van der Waals surface area contributed by atoms with Crippen LogP contribution in [0.5, 0.6) is 11.5 Å². The Hall–Kier alpha value is -2.54. The van der Waals surface area contributed by atoms with Crippen LogP contribution in [-0.4, -0.2) is 18.5 Å². The molecule has 0 aliphatic heterocycles. The smallest absolute Gasteiger partial charge is 0.349 e. The molecular formula is C21H14BrCl2NO4. The van der Waals surface area contributed by atoms with Crippen LogP contribution in [0.1, 0.15) is 10.4 Å². The van der Waals surface area contributed by atoms with Crippen molar-refractivity contribution in [1.29, 1.82) is 0 Å². The number of nitrogens with one attached hydrogen (secondary N) is 1. The lowest BCUT2D eigenvalue weighted by molar-refractivity contribution is -0.136. The van der Waals surface area contributed by atoms with Crippen LogP contribution in [0.25, 0.3) is 0 Å². The van der Waals surface area contributed by atoms with Gasteiger partial charge in [0.1, 0.15) is 11.5 Å². The van der Waals surface area contributed by atoms with Crippen LogP contribution >= 0.6 is 39.1 Å². The molecule has 0 spiro atoms. The van der Waals surface area contributed by atoms with Gasteiger partial charge in [-0.15, -0.1) is 0 Å². The van der Waals surface area contributed by atoms with Crippen molar-refractivity contribution in [3.05, 3.63) is 86.8 Å². The topological polar surface area (TPSA) is 64.6 Å². The van der Waals surface area contributed by atoms with Gasteiger partial charge >= 0.3 is 5.97 Å². The van der Waals surface area contributed by atoms with Gasteiger partial charge in [-0.25, -0.2) is 4.79 Å². The van der Waals surface area contributed by atoms with Crippen molar-refractivity contribution < 1.29 is 19.1 Å². The SMILES string of the molecule is O=C(COc1ccc(Br)cc1)Oc1ccc(C(=O)Nc2cc(Cl)ccc2Cl)cc1. The van der Waals surface area contributed by atoms with Crippen LogP contribution in [0.2, 0.25) is 10.0 Å². The third-order valence-electron chi connectivity index (χ3n) is 3.70. The molecule has 0 aromatic heterocycles. The van der Waals surface area contributed by atoms with Crippen molar-refractivity contribution >= 4 is 56.7 Å². The lowest BCUT2D eigenvalue weighted by Gasteiger charge is -2.09. The predicted octanol–water partition coefficient (Wildman–Crippen LogP) is 5.99. The first-order valence-corrected chi connectivity index (χ1v) is 9.91. The molecule has 0 saturated carbocycles. The van der Waals surface area contributed by atoms with Crippen molar-refractivity contribution in [3.63, 3.8) is 0 Å². The van der Waals surface area contributed by atoms with Gasteiger partial charge in [0.15, 0.2) is 6.61 Å². The Morgan fingerprint density at radius 3 is 2.24 bits per heavy atom. The van der Waals surface area contributed by atoms with E-state index in [4.69, 9.17) is 32.7 Å². The van der Waals surface area contributed by atoms with Crippen molar-refractivity contribution in [3.8, 4) is 11.5 Å². The molecule has 3 rings (SSSR count). The summed E-state index contributed by atoms with van der Waals surface area (Å²) in [7, 11) is 0. The fraction of sp³-hybridized carbons (Fsp3) is 0.0476. The lowest BCUT2D eigenvalue weighted by Crippen LogP contribution is -2.18. The summed E-state index contributed by atoms with van der Waals surface area (Å²) >= 11 is 15.3. The Labute approximate surface area is 185 Å². The van der Waals surface area contributed by atoms with E-state index in [9.17, 15) is 9.59 Å². The maximum absolute atomic E-state index is 12.4. The molecule has 1 N–H and O–H groups in total. The van der Waals surface area contributed by atoms with E-state index in [2.05, 4.69) is 21.2 Å². The second-order valence-corrected chi connectivity index (χ2v) is 7.58. The van der Waals surface area contributed by atoms with Gasteiger partial charge in [-0.2, -0.15) is 0 Å². The van der Waals surface area contributed by atoms with Crippen LogP contribution in [0.15, 0.2) is 71.2 Å². The normalized spacial score (nSPS) is 10.3. The summed E-state index contributed by atoms with van der Waals surface area (Å²) in [5.41, 5.74) is 0.775. The number of hydrogen-bond acceptors (Lipinski definition) is 4. The first-order chi connectivity index (χ1) is 13.9. The third-order valence-corrected chi connectivity index (χ3v) is 4.79. The zero-order valence-corrected chi connectivity index (χ0v) is 17.9. The molecule has 0 aliphatic carbocycles. The minimum absolute atomic E-state index is 0.239. The Balaban J connectivity index is 1.55. The second-order valence-electron chi connectivity index (χ2n) is 5.82. The molecule has 3 aromatic rings. The van der Waals surface area contributed by atoms with E-state index in [0.29, 0.717) is 32.8 Å². The maximum Gasteiger partial charge on any atom is 0.349 e. The van der Waals surface area contributed by atoms with E-state index in [1.807, 2.05) is 0 Å². The number of esters is 1. The molecular weight excluding hydrogens is 481 g/mol. The number of benzene rings is 3.